The van der Waals surface area contributed by atoms with Crippen LogP contribution in [0.3, 0.4) is 0 Å². The topological polar surface area (TPSA) is 66.9 Å². The van der Waals surface area contributed by atoms with Crippen LogP contribution in [-0.4, -0.2) is 48.9 Å². The summed E-state index contributed by atoms with van der Waals surface area (Å²) in [5.74, 6) is -2.02. The van der Waals surface area contributed by atoms with Gasteiger partial charge in [0.1, 0.15) is 11.9 Å². The third-order valence-corrected chi connectivity index (χ3v) is 4.63. The van der Waals surface area contributed by atoms with E-state index in [1.807, 2.05) is 0 Å². The molecule has 2 unspecified atom stereocenters. The fraction of sp³-hybridized carbons (Fsp3) is 0.471. The van der Waals surface area contributed by atoms with Crippen molar-refractivity contribution < 1.29 is 23.5 Å². The molecule has 0 aliphatic carbocycles. The van der Waals surface area contributed by atoms with Crippen molar-refractivity contribution in [3.63, 3.8) is 0 Å². The van der Waals surface area contributed by atoms with Gasteiger partial charge in [0.05, 0.1) is 18.7 Å². The number of methoxy groups -OCH3 is 1. The van der Waals surface area contributed by atoms with Crippen LogP contribution in [0.1, 0.15) is 19.3 Å². The maximum absolute atomic E-state index is 13.9. The summed E-state index contributed by atoms with van der Waals surface area (Å²) in [6.45, 7) is 0.603. The number of hydrogen-bond donors (Lipinski definition) is 0. The molecule has 1 aromatic carbocycles. The SMILES string of the molecule is COC(=O)C1CCCN1C(=O)C1CC(=O)N(c2ccccc2F)C1. The van der Waals surface area contributed by atoms with Gasteiger partial charge in [0.25, 0.3) is 0 Å². The minimum absolute atomic E-state index is 0.0254. The number of likely N-dealkylation sites (tertiary alicyclic amines) is 1. The first-order valence-corrected chi connectivity index (χ1v) is 7.96. The Morgan fingerprint density at radius 3 is 2.75 bits per heavy atom. The summed E-state index contributed by atoms with van der Waals surface area (Å²) >= 11 is 0. The Hall–Kier alpha value is -2.44. The summed E-state index contributed by atoms with van der Waals surface area (Å²) < 4.78 is 18.7. The van der Waals surface area contributed by atoms with E-state index < -0.39 is 23.7 Å². The van der Waals surface area contributed by atoms with Gasteiger partial charge in [-0.2, -0.15) is 0 Å². The number of carbonyl (C=O) groups excluding carboxylic acids is 3. The van der Waals surface area contributed by atoms with Crippen molar-refractivity contribution in [1.82, 2.24) is 4.90 Å². The molecule has 6 nitrogen and oxygen atoms in total. The van der Waals surface area contributed by atoms with Gasteiger partial charge in [-0.15, -0.1) is 0 Å². The normalized spacial score (nSPS) is 23.7. The van der Waals surface area contributed by atoms with Crippen LogP contribution in [0, 0.1) is 11.7 Å². The molecule has 2 fully saturated rings. The maximum Gasteiger partial charge on any atom is 0.328 e. The summed E-state index contributed by atoms with van der Waals surface area (Å²) in [6, 6.07) is 5.42. The highest BCUT2D eigenvalue weighted by atomic mass is 19.1. The number of carbonyl (C=O) groups is 3. The van der Waals surface area contributed by atoms with Crippen molar-refractivity contribution in [2.45, 2.75) is 25.3 Å². The Morgan fingerprint density at radius 2 is 2.04 bits per heavy atom. The maximum atomic E-state index is 13.9. The molecule has 1 aromatic rings. The number of rotatable bonds is 3. The molecule has 0 spiro atoms. The van der Waals surface area contributed by atoms with Gasteiger partial charge in [-0.05, 0) is 25.0 Å². The van der Waals surface area contributed by atoms with Crippen LogP contribution in [0.25, 0.3) is 0 Å². The third-order valence-electron chi connectivity index (χ3n) is 4.63. The van der Waals surface area contributed by atoms with E-state index in [-0.39, 0.29) is 30.5 Å². The molecule has 0 radical (unpaired) electrons. The van der Waals surface area contributed by atoms with E-state index in [0.717, 1.165) is 6.42 Å². The molecule has 24 heavy (non-hydrogen) atoms. The molecular weight excluding hydrogens is 315 g/mol. The number of amides is 2. The Balaban J connectivity index is 1.75. The standard InChI is InChI=1S/C17H19FN2O4/c1-24-17(23)14-7-4-8-19(14)16(22)11-9-15(21)20(10-11)13-6-3-2-5-12(13)18/h2-3,5-6,11,14H,4,7-10H2,1H3. The van der Waals surface area contributed by atoms with Crippen LogP contribution in [0.15, 0.2) is 24.3 Å². The molecule has 0 N–H and O–H groups in total. The number of esters is 1. The Morgan fingerprint density at radius 1 is 1.29 bits per heavy atom. The van der Waals surface area contributed by atoms with Crippen molar-refractivity contribution in [2.24, 2.45) is 5.92 Å². The van der Waals surface area contributed by atoms with E-state index >= 15 is 0 Å². The Labute approximate surface area is 139 Å². The van der Waals surface area contributed by atoms with Crippen LogP contribution in [0.2, 0.25) is 0 Å². The Kier molecular flexibility index (Phi) is 4.51. The molecule has 2 amide bonds. The smallest absolute Gasteiger partial charge is 0.328 e. The number of halogens is 1. The van der Waals surface area contributed by atoms with Crippen LogP contribution in [-0.2, 0) is 19.1 Å². The number of nitrogens with zero attached hydrogens (tertiary/aromatic N) is 2. The lowest BCUT2D eigenvalue weighted by atomic mass is 10.1. The fourth-order valence-corrected chi connectivity index (χ4v) is 3.42. The van der Waals surface area contributed by atoms with Crippen LogP contribution < -0.4 is 4.90 Å². The zero-order valence-electron chi connectivity index (χ0n) is 13.4. The molecule has 2 saturated heterocycles. The van der Waals surface area contributed by atoms with Crippen LogP contribution >= 0.6 is 0 Å². The molecule has 3 rings (SSSR count). The van der Waals surface area contributed by atoms with Gasteiger partial charge < -0.3 is 14.5 Å². The van der Waals surface area contributed by atoms with Crippen molar-refractivity contribution >= 4 is 23.5 Å². The second-order valence-electron chi connectivity index (χ2n) is 6.07. The predicted octanol–water partition coefficient (Wildman–Crippen LogP) is 1.34. The average molecular weight is 334 g/mol. The molecule has 2 atom stereocenters. The summed E-state index contributed by atoms with van der Waals surface area (Å²) in [7, 11) is 1.29. The van der Waals surface area contributed by atoms with E-state index in [1.165, 1.54) is 29.0 Å². The van der Waals surface area contributed by atoms with E-state index in [2.05, 4.69) is 0 Å². The summed E-state index contributed by atoms with van der Waals surface area (Å²) in [4.78, 5) is 39.6. The minimum Gasteiger partial charge on any atom is -0.467 e. The van der Waals surface area contributed by atoms with Crippen molar-refractivity contribution in [1.29, 1.82) is 0 Å². The Bertz CT molecular complexity index is 678. The zero-order chi connectivity index (χ0) is 17.3. The van der Waals surface area contributed by atoms with Crippen molar-refractivity contribution in [2.75, 3.05) is 25.1 Å². The summed E-state index contributed by atoms with van der Waals surface area (Å²) in [5, 5.41) is 0. The highest BCUT2D eigenvalue weighted by Gasteiger charge is 2.42. The van der Waals surface area contributed by atoms with Gasteiger partial charge in [-0.25, -0.2) is 9.18 Å². The molecule has 0 saturated carbocycles. The van der Waals surface area contributed by atoms with Gasteiger partial charge in [0.2, 0.25) is 11.8 Å². The molecule has 0 aromatic heterocycles. The number of para-hydroxylation sites is 1. The number of ether oxygens (including phenoxy) is 1. The predicted molar refractivity (Wildman–Crippen MR) is 83.6 cm³/mol. The van der Waals surface area contributed by atoms with Crippen molar-refractivity contribution in [3.05, 3.63) is 30.1 Å². The second-order valence-corrected chi connectivity index (χ2v) is 6.07. The monoisotopic (exact) mass is 334 g/mol. The lowest BCUT2D eigenvalue weighted by molar-refractivity contribution is -0.152. The highest BCUT2D eigenvalue weighted by Crippen LogP contribution is 2.30. The van der Waals surface area contributed by atoms with E-state index in [1.54, 1.807) is 12.1 Å². The molecule has 2 aliphatic rings. The lowest BCUT2D eigenvalue weighted by Gasteiger charge is -2.25. The molecular formula is C17H19FN2O4. The van der Waals surface area contributed by atoms with E-state index in [4.69, 9.17) is 4.74 Å². The van der Waals surface area contributed by atoms with Crippen LogP contribution in [0.4, 0.5) is 10.1 Å². The third kappa shape index (κ3) is 2.86. The number of anilines is 1. The van der Waals surface area contributed by atoms with E-state index in [9.17, 15) is 18.8 Å². The molecule has 0 bridgehead atoms. The fourth-order valence-electron chi connectivity index (χ4n) is 3.42. The first kappa shape index (κ1) is 16.4. The number of benzene rings is 1. The summed E-state index contributed by atoms with van der Waals surface area (Å²) in [6.07, 6.45) is 1.32. The van der Waals surface area contributed by atoms with Crippen molar-refractivity contribution in [3.8, 4) is 0 Å². The molecule has 2 aliphatic heterocycles. The lowest BCUT2D eigenvalue weighted by Crippen LogP contribution is -2.44. The second kappa shape index (κ2) is 6.59. The first-order valence-electron chi connectivity index (χ1n) is 7.96. The van der Waals surface area contributed by atoms with Crippen LogP contribution in [0.5, 0.6) is 0 Å². The van der Waals surface area contributed by atoms with E-state index in [0.29, 0.717) is 13.0 Å². The average Bonchev–Trinajstić information content (AvgIpc) is 3.21. The number of hydrogen-bond acceptors (Lipinski definition) is 4. The van der Waals surface area contributed by atoms with Gasteiger partial charge in [0, 0.05) is 19.5 Å². The van der Waals surface area contributed by atoms with Gasteiger partial charge in [-0.1, -0.05) is 12.1 Å². The molecule has 2 heterocycles. The zero-order valence-corrected chi connectivity index (χ0v) is 13.4. The first-order chi connectivity index (χ1) is 11.5. The van der Waals surface area contributed by atoms with Gasteiger partial charge >= 0.3 is 5.97 Å². The molecule has 7 heteroatoms. The highest BCUT2D eigenvalue weighted by molar-refractivity contribution is 6.01. The quantitative estimate of drug-likeness (QED) is 0.783. The van der Waals surface area contributed by atoms with Gasteiger partial charge in [0.15, 0.2) is 0 Å². The largest absolute Gasteiger partial charge is 0.467 e. The minimum atomic E-state index is -0.583. The molecule has 128 valence electrons. The summed E-state index contributed by atoms with van der Waals surface area (Å²) in [5.41, 5.74) is 0.184. The van der Waals surface area contributed by atoms with Gasteiger partial charge in [-0.3, -0.25) is 9.59 Å².